The van der Waals surface area contributed by atoms with Crippen LogP contribution in [0.15, 0.2) is 47.4 Å². The van der Waals surface area contributed by atoms with E-state index in [4.69, 9.17) is 17.0 Å². The maximum absolute atomic E-state index is 12.1. The number of nitrogens with two attached hydrogens (primary N) is 1. The summed E-state index contributed by atoms with van der Waals surface area (Å²) in [7, 11) is 3.40. The first-order valence-corrected chi connectivity index (χ1v) is 8.87. The lowest BCUT2D eigenvalue weighted by Crippen LogP contribution is -2.13. The second-order valence-corrected chi connectivity index (χ2v) is 6.49. The molecule has 0 unspecified atom stereocenters. The van der Waals surface area contributed by atoms with Crippen molar-refractivity contribution in [3.63, 3.8) is 0 Å². The Morgan fingerprint density at radius 3 is 2.76 bits per heavy atom. The summed E-state index contributed by atoms with van der Waals surface area (Å²) in [5, 5.41) is 12.2. The first-order chi connectivity index (χ1) is 14.1. The third-order valence-corrected chi connectivity index (χ3v) is 4.89. The molecule has 0 saturated heterocycles. The SMILES string of the molecule is [C-]#[N+]c1cc(OC)ccc1-c1c(-c2ccc3c(=O)[nH]nc(CN)c3c2)cnn1C. The molecule has 0 fully saturated rings. The van der Waals surface area contributed by atoms with E-state index in [9.17, 15) is 4.79 Å². The van der Waals surface area contributed by atoms with Gasteiger partial charge in [0.2, 0.25) is 0 Å². The van der Waals surface area contributed by atoms with Crippen molar-refractivity contribution in [1.29, 1.82) is 0 Å². The van der Waals surface area contributed by atoms with Crippen molar-refractivity contribution >= 4 is 16.5 Å². The Bertz CT molecular complexity index is 1330. The molecule has 0 atom stereocenters. The number of ether oxygens (including phenoxy) is 1. The Morgan fingerprint density at radius 2 is 2.03 bits per heavy atom. The fourth-order valence-corrected chi connectivity index (χ4v) is 3.44. The fourth-order valence-electron chi connectivity index (χ4n) is 3.44. The zero-order valence-electron chi connectivity index (χ0n) is 15.9. The Labute approximate surface area is 166 Å². The molecule has 0 saturated carbocycles. The van der Waals surface area contributed by atoms with E-state index < -0.39 is 0 Å². The number of nitrogens with zero attached hydrogens (tertiary/aromatic N) is 4. The van der Waals surface area contributed by atoms with Crippen molar-refractivity contribution in [3.05, 3.63) is 70.1 Å². The molecule has 0 radical (unpaired) electrons. The molecule has 29 heavy (non-hydrogen) atoms. The van der Waals surface area contributed by atoms with Crippen LogP contribution in [0.1, 0.15) is 5.69 Å². The van der Waals surface area contributed by atoms with Gasteiger partial charge in [0.15, 0.2) is 5.69 Å². The van der Waals surface area contributed by atoms with Gasteiger partial charge in [-0.05, 0) is 29.8 Å². The first-order valence-electron chi connectivity index (χ1n) is 8.87. The van der Waals surface area contributed by atoms with Crippen molar-refractivity contribution in [2.75, 3.05) is 7.11 Å². The molecular weight excluding hydrogens is 368 g/mol. The van der Waals surface area contributed by atoms with Gasteiger partial charge in [0.25, 0.3) is 5.56 Å². The van der Waals surface area contributed by atoms with Gasteiger partial charge in [-0.25, -0.2) is 9.94 Å². The molecule has 8 heteroatoms. The highest BCUT2D eigenvalue weighted by molar-refractivity contribution is 5.93. The number of fused-ring (bicyclic) bond motifs is 1. The van der Waals surface area contributed by atoms with Crippen molar-refractivity contribution in [3.8, 4) is 28.1 Å². The summed E-state index contributed by atoms with van der Waals surface area (Å²) in [6.07, 6.45) is 1.75. The number of nitrogens with one attached hydrogen (secondary N) is 1. The van der Waals surface area contributed by atoms with Crippen molar-refractivity contribution < 1.29 is 4.74 Å². The molecule has 3 N–H and O–H groups in total. The highest BCUT2D eigenvalue weighted by Gasteiger charge is 2.18. The summed E-state index contributed by atoms with van der Waals surface area (Å²) in [6, 6.07) is 10.9. The zero-order chi connectivity index (χ0) is 20.5. The van der Waals surface area contributed by atoms with E-state index in [2.05, 4.69) is 20.1 Å². The molecule has 0 spiro atoms. The van der Waals surface area contributed by atoms with Crippen LogP contribution in [0.2, 0.25) is 0 Å². The molecule has 0 aliphatic carbocycles. The van der Waals surface area contributed by atoms with Gasteiger partial charge in [-0.2, -0.15) is 10.2 Å². The minimum Gasteiger partial charge on any atom is -0.498 e. The Kier molecular flexibility index (Phi) is 4.58. The van der Waals surface area contributed by atoms with Crippen LogP contribution < -0.4 is 16.0 Å². The molecule has 0 bridgehead atoms. The highest BCUT2D eigenvalue weighted by Crippen LogP contribution is 2.39. The van der Waals surface area contributed by atoms with Gasteiger partial charge in [-0.1, -0.05) is 12.1 Å². The highest BCUT2D eigenvalue weighted by atomic mass is 16.5. The van der Waals surface area contributed by atoms with Crippen LogP contribution >= 0.6 is 0 Å². The largest absolute Gasteiger partial charge is 0.498 e. The normalized spacial score (nSPS) is 10.8. The van der Waals surface area contributed by atoms with E-state index in [1.807, 2.05) is 31.3 Å². The van der Waals surface area contributed by atoms with E-state index in [-0.39, 0.29) is 12.1 Å². The van der Waals surface area contributed by atoms with E-state index in [1.54, 1.807) is 30.1 Å². The van der Waals surface area contributed by atoms with Crippen molar-refractivity contribution in [2.24, 2.45) is 12.8 Å². The van der Waals surface area contributed by atoms with Gasteiger partial charge < -0.3 is 10.5 Å². The van der Waals surface area contributed by atoms with Crippen molar-refractivity contribution in [2.45, 2.75) is 6.54 Å². The van der Waals surface area contributed by atoms with Crippen LogP contribution in [0.25, 0.3) is 38.0 Å². The Hall–Kier alpha value is -3.96. The van der Waals surface area contributed by atoms with Gasteiger partial charge in [0.1, 0.15) is 5.75 Å². The third kappa shape index (κ3) is 3.03. The summed E-state index contributed by atoms with van der Waals surface area (Å²) >= 11 is 0. The van der Waals surface area contributed by atoms with Crippen molar-refractivity contribution in [1.82, 2.24) is 20.0 Å². The number of hydrogen-bond acceptors (Lipinski definition) is 5. The predicted molar refractivity (Wildman–Crippen MR) is 111 cm³/mol. The lowest BCUT2D eigenvalue weighted by atomic mass is 9.98. The van der Waals surface area contributed by atoms with E-state index in [1.165, 1.54) is 0 Å². The zero-order valence-corrected chi connectivity index (χ0v) is 15.9. The second kappa shape index (κ2) is 7.22. The van der Waals surface area contributed by atoms with Crippen LogP contribution in [0.3, 0.4) is 0 Å². The van der Waals surface area contributed by atoms with Crippen LogP contribution in [0.5, 0.6) is 5.75 Å². The van der Waals surface area contributed by atoms with Gasteiger partial charge in [-0.3, -0.25) is 9.48 Å². The molecule has 8 nitrogen and oxygen atoms in total. The summed E-state index contributed by atoms with van der Waals surface area (Å²) in [5.74, 6) is 0.618. The number of rotatable bonds is 4. The summed E-state index contributed by atoms with van der Waals surface area (Å²) in [6.45, 7) is 7.77. The Morgan fingerprint density at radius 1 is 1.21 bits per heavy atom. The number of hydrogen-bond donors (Lipinski definition) is 2. The molecule has 0 aliphatic heterocycles. The third-order valence-electron chi connectivity index (χ3n) is 4.89. The Balaban J connectivity index is 1.96. The van der Waals surface area contributed by atoms with Gasteiger partial charge in [0, 0.05) is 30.1 Å². The number of aromatic amines is 1. The lowest BCUT2D eigenvalue weighted by molar-refractivity contribution is 0.415. The molecule has 0 aliphatic rings. The molecule has 2 heterocycles. The summed E-state index contributed by atoms with van der Waals surface area (Å²) in [4.78, 5) is 15.8. The number of benzene rings is 2. The van der Waals surface area contributed by atoms with Crippen LogP contribution in [0.4, 0.5) is 5.69 Å². The van der Waals surface area contributed by atoms with Gasteiger partial charge >= 0.3 is 0 Å². The predicted octanol–water partition coefficient (Wildman–Crippen LogP) is 3.01. The quantitative estimate of drug-likeness (QED) is 0.525. The first kappa shape index (κ1) is 18.4. The minimum atomic E-state index is -0.263. The monoisotopic (exact) mass is 386 g/mol. The molecule has 2 aromatic heterocycles. The summed E-state index contributed by atoms with van der Waals surface area (Å²) in [5.41, 5.74) is 9.86. The fraction of sp³-hybridized carbons (Fsp3) is 0.143. The molecule has 0 amide bonds. The van der Waals surface area contributed by atoms with E-state index in [0.29, 0.717) is 27.9 Å². The molecule has 144 valence electrons. The van der Waals surface area contributed by atoms with E-state index >= 15 is 0 Å². The molecular formula is C21H18N6O2. The average Bonchev–Trinajstić information content (AvgIpc) is 3.14. The van der Waals surface area contributed by atoms with Crippen LogP contribution in [-0.4, -0.2) is 27.1 Å². The second-order valence-electron chi connectivity index (χ2n) is 6.49. The lowest BCUT2D eigenvalue weighted by Gasteiger charge is -2.11. The molecule has 4 aromatic rings. The smallest absolute Gasteiger partial charge is 0.272 e. The number of methoxy groups -OCH3 is 1. The average molecular weight is 386 g/mol. The number of H-pyrrole nitrogens is 1. The number of aromatic nitrogens is 4. The standard InChI is InChI=1S/C21H18N6O2/c1-23-18-9-13(29-3)5-7-15(18)20-17(11-24-27(20)2)12-4-6-14-16(8-12)19(10-22)25-26-21(14)28/h4-9,11H,10,22H2,2-3H3,(H,26,28). The summed E-state index contributed by atoms with van der Waals surface area (Å²) < 4.78 is 6.97. The van der Waals surface area contributed by atoms with Crippen LogP contribution in [-0.2, 0) is 13.6 Å². The van der Waals surface area contributed by atoms with Gasteiger partial charge in [0.05, 0.1) is 36.7 Å². The van der Waals surface area contributed by atoms with E-state index in [0.717, 1.165) is 22.4 Å². The molecule has 2 aromatic carbocycles. The number of aryl methyl sites for hydroxylation is 1. The molecule has 4 rings (SSSR count). The maximum atomic E-state index is 12.1. The minimum absolute atomic E-state index is 0.205. The van der Waals surface area contributed by atoms with Gasteiger partial charge in [-0.15, -0.1) is 0 Å². The van der Waals surface area contributed by atoms with Crippen LogP contribution in [0, 0.1) is 6.57 Å². The topological polar surface area (TPSA) is 103 Å². The maximum Gasteiger partial charge on any atom is 0.272 e.